The lowest BCUT2D eigenvalue weighted by molar-refractivity contribution is -0.137. The summed E-state index contributed by atoms with van der Waals surface area (Å²) >= 11 is 0. The van der Waals surface area contributed by atoms with Gasteiger partial charge in [-0.15, -0.1) is 0 Å². The molecule has 5 nitrogen and oxygen atoms in total. The van der Waals surface area contributed by atoms with E-state index in [1.54, 1.807) is 35.0 Å². The number of hydrogen-bond acceptors (Lipinski definition) is 2. The topological polar surface area (TPSA) is 57.8 Å². The maximum Gasteiger partial charge on any atom is 0.417 e. The Morgan fingerprint density at radius 2 is 1.71 bits per heavy atom. The highest BCUT2D eigenvalue weighted by Gasteiger charge is 2.47. The Morgan fingerprint density at radius 3 is 2.44 bits per heavy atom. The minimum absolute atomic E-state index is 0.0383. The number of fused-ring (bicyclic) bond motifs is 1. The van der Waals surface area contributed by atoms with E-state index >= 15 is 0 Å². The van der Waals surface area contributed by atoms with Crippen molar-refractivity contribution in [3.8, 4) is 11.1 Å². The highest BCUT2D eigenvalue weighted by Crippen LogP contribution is 2.43. The van der Waals surface area contributed by atoms with Crippen molar-refractivity contribution in [1.29, 1.82) is 0 Å². The van der Waals surface area contributed by atoms with Gasteiger partial charge in [0.15, 0.2) is 0 Å². The Kier molecular flexibility index (Phi) is 5.31. The second kappa shape index (κ2) is 8.20. The third kappa shape index (κ3) is 3.69. The lowest BCUT2D eigenvalue weighted by atomic mass is 9.85. The summed E-state index contributed by atoms with van der Waals surface area (Å²) in [4.78, 5) is 18.4. The van der Waals surface area contributed by atoms with Gasteiger partial charge in [-0.25, -0.2) is 9.78 Å². The number of halogens is 3. The first-order valence-corrected chi connectivity index (χ1v) is 11.0. The highest BCUT2D eigenvalue weighted by atomic mass is 19.4. The molecule has 0 saturated carbocycles. The monoisotopic (exact) mass is 465 g/mol. The summed E-state index contributed by atoms with van der Waals surface area (Å²) in [5.41, 5.74) is 0.606. The van der Waals surface area contributed by atoms with Crippen LogP contribution in [0.2, 0.25) is 0 Å². The second-order valence-corrected chi connectivity index (χ2v) is 8.55. The molecule has 2 aromatic carbocycles. The van der Waals surface area contributed by atoms with Crippen LogP contribution in [0.4, 0.5) is 18.0 Å². The Hall–Kier alpha value is -3.81. The molecule has 174 valence electrons. The summed E-state index contributed by atoms with van der Waals surface area (Å²) in [6, 6.07) is 18.3. The number of likely N-dealkylation sites (tertiary alicyclic amines) is 1. The molecule has 3 heterocycles. The molecule has 1 amide bonds. The standard InChI is InChI=1S/C26H22F3N3O2/c27-26(28,29)21-12-5-4-10-19(21)20-11-6-14-31-17-22(30-23(20)31)25(13-7-15-32(25)24(33)34)16-18-8-2-1-3-9-18/h1-6,8-12,14,17H,7,13,15-16H2,(H,33,34)/t25-/m0/s1. The second-order valence-electron chi connectivity index (χ2n) is 8.55. The van der Waals surface area contributed by atoms with Crippen molar-refractivity contribution in [3.63, 3.8) is 0 Å². The normalized spacial score (nSPS) is 18.5. The fraction of sp³-hybridized carbons (Fsp3) is 0.231. The van der Waals surface area contributed by atoms with E-state index in [1.807, 2.05) is 30.3 Å². The van der Waals surface area contributed by atoms with Crippen molar-refractivity contribution in [1.82, 2.24) is 14.3 Å². The van der Waals surface area contributed by atoms with Gasteiger partial charge in [-0.3, -0.25) is 4.90 Å². The molecular weight excluding hydrogens is 443 g/mol. The first kappa shape index (κ1) is 22.0. The Balaban J connectivity index is 1.69. The number of hydrogen-bond donors (Lipinski definition) is 1. The molecule has 34 heavy (non-hydrogen) atoms. The van der Waals surface area contributed by atoms with Crippen LogP contribution in [0.15, 0.2) is 79.1 Å². The van der Waals surface area contributed by atoms with Crippen molar-refractivity contribution >= 4 is 11.7 Å². The quantitative estimate of drug-likeness (QED) is 0.389. The van der Waals surface area contributed by atoms with Crippen molar-refractivity contribution < 1.29 is 23.1 Å². The van der Waals surface area contributed by atoms with Gasteiger partial charge in [0.05, 0.1) is 16.8 Å². The van der Waals surface area contributed by atoms with Crippen LogP contribution in [-0.2, 0) is 18.1 Å². The third-order valence-corrected chi connectivity index (χ3v) is 6.54. The highest BCUT2D eigenvalue weighted by molar-refractivity contribution is 5.80. The molecule has 1 saturated heterocycles. The van der Waals surface area contributed by atoms with E-state index in [9.17, 15) is 23.1 Å². The van der Waals surface area contributed by atoms with Gasteiger partial charge in [-0.05, 0) is 42.2 Å². The molecule has 0 unspecified atom stereocenters. The van der Waals surface area contributed by atoms with E-state index in [2.05, 4.69) is 0 Å². The van der Waals surface area contributed by atoms with Gasteiger partial charge >= 0.3 is 12.3 Å². The lowest BCUT2D eigenvalue weighted by Gasteiger charge is -2.35. The number of aromatic nitrogens is 2. The Bertz CT molecular complexity index is 1350. The van der Waals surface area contributed by atoms with Crippen LogP contribution in [0.1, 0.15) is 29.7 Å². The third-order valence-electron chi connectivity index (χ3n) is 6.54. The molecule has 1 fully saturated rings. The number of nitrogens with zero attached hydrogens (tertiary/aromatic N) is 3. The average Bonchev–Trinajstić information content (AvgIpc) is 3.44. The van der Waals surface area contributed by atoms with E-state index in [-0.39, 0.29) is 5.56 Å². The van der Waals surface area contributed by atoms with Crippen LogP contribution in [0.3, 0.4) is 0 Å². The first-order valence-electron chi connectivity index (χ1n) is 11.0. The molecular formula is C26H22F3N3O2. The van der Waals surface area contributed by atoms with Gasteiger partial charge in [0.2, 0.25) is 0 Å². The van der Waals surface area contributed by atoms with E-state index in [0.717, 1.165) is 11.6 Å². The van der Waals surface area contributed by atoms with Crippen LogP contribution in [-0.4, -0.2) is 32.0 Å². The summed E-state index contributed by atoms with van der Waals surface area (Å²) in [7, 11) is 0. The fourth-order valence-corrected chi connectivity index (χ4v) is 5.04. The van der Waals surface area contributed by atoms with Crippen LogP contribution >= 0.6 is 0 Å². The summed E-state index contributed by atoms with van der Waals surface area (Å²) in [6.45, 7) is 0.375. The summed E-state index contributed by atoms with van der Waals surface area (Å²) in [5.74, 6) is 0. The predicted octanol–water partition coefficient (Wildman–Crippen LogP) is 6.23. The Morgan fingerprint density at radius 1 is 1.00 bits per heavy atom. The number of rotatable bonds is 4. The molecule has 1 aliphatic rings. The molecule has 1 atom stereocenters. The molecule has 1 N–H and O–H groups in total. The Labute approximate surface area is 194 Å². The van der Waals surface area contributed by atoms with E-state index < -0.39 is 23.4 Å². The maximum absolute atomic E-state index is 13.7. The molecule has 2 aromatic heterocycles. The fourth-order valence-electron chi connectivity index (χ4n) is 5.04. The first-order chi connectivity index (χ1) is 16.3. The molecule has 5 rings (SSSR count). The zero-order chi connectivity index (χ0) is 23.9. The van der Waals surface area contributed by atoms with Gasteiger partial charge in [0, 0.05) is 30.9 Å². The SMILES string of the molecule is O=C(O)N1CCC[C@]1(Cc1ccccc1)c1cn2cccc(-c3ccccc3C(F)(F)F)c2n1. The number of benzene rings is 2. The zero-order valence-electron chi connectivity index (χ0n) is 18.2. The zero-order valence-corrected chi connectivity index (χ0v) is 18.2. The summed E-state index contributed by atoms with van der Waals surface area (Å²) in [5, 5.41) is 9.99. The van der Waals surface area contributed by atoms with Crippen LogP contribution < -0.4 is 0 Å². The number of carboxylic acid groups (broad SMARTS) is 1. The minimum atomic E-state index is -4.51. The number of alkyl halides is 3. The smallest absolute Gasteiger partial charge is 0.417 e. The summed E-state index contributed by atoms with van der Waals surface area (Å²) < 4.78 is 42.9. The van der Waals surface area contributed by atoms with Crippen LogP contribution in [0.25, 0.3) is 16.8 Å². The summed E-state index contributed by atoms with van der Waals surface area (Å²) in [6.07, 6.45) is -0.393. The predicted molar refractivity (Wildman–Crippen MR) is 121 cm³/mol. The molecule has 0 radical (unpaired) electrons. The molecule has 4 aromatic rings. The average molecular weight is 465 g/mol. The lowest BCUT2D eigenvalue weighted by Crippen LogP contribution is -2.46. The number of carbonyl (C=O) groups is 1. The van der Waals surface area contributed by atoms with Crippen molar-refractivity contribution in [3.05, 3.63) is 95.9 Å². The number of pyridine rings is 1. The molecule has 8 heteroatoms. The van der Waals surface area contributed by atoms with Crippen molar-refractivity contribution in [2.45, 2.75) is 31.0 Å². The van der Waals surface area contributed by atoms with Gasteiger partial charge in [-0.2, -0.15) is 13.2 Å². The largest absolute Gasteiger partial charge is 0.465 e. The molecule has 1 aliphatic heterocycles. The van der Waals surface area contributed by atoms with Crippen LogP contribution in [0.5, 0.6) is 0 Å². The van der Waals surface area contributed by atoms with Gasteiger partial charge in [0.1, 0.15) is 5.65 Å². The number of imidazole rings is 1. The van der Waals surface area contributed by atoms with E-state index in [0.29, 0.717) is 42.7 Å². The van der Waals surface area contributed by atoms with E-state index in [4.69, 9.17) is 4.98 Å². The molecule has 0 bridgehead atoms. The van der Waals surface area contributed by atoms with Gasteiger partial charge in [0.25, 0.3) is 0 Å². The maximum atomic E-state index is 13.7. The minimum Gasteiger partial charge on any atom is -0.465 e. The van der Waals surface area contributed by atoms with E-state index in [1.165, 1.54) is 17.0 Å². The van der Waals surface area contributed by atoms with Crippen molar-refractivity contribution in [2.75, 3.05) is 6.54 Å². The van der Waals surface area contributed by atoms with Gasteiger partial charge in [-0.1, -0.05) is 48.5 Å². The van der Waals surface area contributed by atoms with Crippen molar-refractivity contribution in [2.24, 2.45) is 0 Å². The number of amides is 1. The molecule has 0 aliphatic carbocycles. The van der Waals surface area contributed by atoms with Crippen LogP contribution in [0, 0.1) is 0 Å². The van der Waals surface area contributed by atoms with Gasteiger partial charge < -0.3 is 9.51 Å². The molecule has 0 spiro atoms.